The van der Waals surface area contributed by atoms with Gasteiger partial charge >= 0.3 is 0 Å². The van der Waals surface area contributed by atoms with E-state index in [-0.39, 0.29) is 0 Å². The molecule has 0 fully saturated rings. The Morgan fingerprint density at radius 2 is 1.59 bits per heavy atom. The molecule has 1 aromatic rings. The van der Waals surface area contributed by atoms with Gasteiger partial charge in [0, 0.05) is 0 Å². The fraction of sp³-hybridized carbons (Fsp3) is 0.625. The highest BCUT2D eigenvalue weighted by molar-refractivity contribution is 8.34. The molecule has 0 heterocycles. The first-order valence-electron chi connectivity index (χ1n) is 6.51. The maximum atomic E-state index is 2.49. The fourth-order valence-corrected chi connectivity index (χ4v) is 3.83. The van der Waals surface area contributed by atoms with E-state index in [0.717, 1.165) is 5.25 Å². The summed E-state index contributed by atoms with van der Waals surface area (Å²) in [6.07, 6.45) is 7.50. The van der Waals surface area contributed by atoms with Crippen molar-refractivity contribution >= 4 is 10.0 Å². The Morgan fingerprint density at radius 1 is 1.06 bits per heavy atom. The maximum Gasteiger partial charge on any atom is -0.00849 e. The van der Waals surface area contributed by atoms with Gasteiger partial charge in [-0.25, -0.2) is 10.0 Å². The van der Waals surface area contributed by atoms with E-state index in [0.29, 0.717) is 4.75 Å². The third kappa shape index (κ3) is 3.77. The number of aryl methyl sites for hydroxylation is 1. The molecule has 0 amide bonds. The number of hydrogen-bond donors (Lipinski definition) is 0. The largest absolute Gasteiger partial charge is 0.239 e. The minimum atomic E-state index is -0.547. The summed E-state index contributed by atoms with van der Waals surface area (Å²) < 4.78 is 0.448. The molecule has 0 N–H and O–H groups in total. The van der Waals surface area contributed by atoms with Gasteiger partial charge in [0.15, 0.2) is 0 Å². The van der Waals surface area contributed by atoms with E-state index in [1.807, 2.05) is 0 Å². The Bertz CT molecular complexity index is 332. The first-order chi connectivity index (χ1) is 7.75. The predicted molar refractivity (Wildman–Crippen MR) is 83.4 cm³/mol. The summed E-state index contributed by atoms with van der Waals surface area (Å²) in [5.41, 5.74) is 1.48. The van der Waals surface area contributed by atoms with Crippen LogP contribution in [-0.2, 0) is 6.42 Å². The third-order valence-electron chi connectivity index (χ3n) is 4.27. The van der Waals surface area contributed by atoms with Gasteiger partial charge in [-0.2, -0.15) is 0 Å². The molecule has 1 aromatic carbocycles. The summed E-state index contributed by atoms with van der Waals surface area (Å²) in [5.74, 6) is 0. The smallest absolute Gasteiger partial charge is 0.00849 e. The average molecular weight is 252 g/mol. The van der Waals surface area contributed by atoms with Crippen LogP contribution in [0.3, 0.4) is 0 Å². The molecular formula is C16H28S. The fourth-order valence-electron chi connectivity index (χ4n) is 1.91. The van der Waals surface area contributed by atoms with Crippen LogP contribution < -0.4 is 0 Å². The SMILES string of the molecule is CC(CCc1ccccc1)S(C)(C)C(C)(C)C. The third-order valence-corrected chi connectivity index (χ3v) is 9.67. The van der Waals surface area contributed by atoms with Crippen molar-refractivity contribution in [2.75, 3.05) is 12.5 Å². The Labute approximate surface area is 109 Å². The predicted octanol–water partition coefficient (Wildman–Crippen LogP) is 4.87. The number of rotatable bonds is 4. The highest BCUT2D eigenvalue weighted by atomic mass is 32.3. The van der Waals surface area contributed by atoms with E-state index in [1.54, 1.807) is 0 Å². The molecule has 17 heavy (non-hydrogen) atoms. The van der Waals surface area contributed by atoms with Crippen LogP contribution in [0.25, 0.3) is 0 Å². The lowest BCUT2D eigenvalue weighted by molar-refractivity contribution is 0.741. The summed E-state index contributed by atoms with van der Waals surface area (Å²) in [5, 5.41) is 0.822. The molecule has 1 rings (SSSR count). The van der Waals surface area contributed by atoms with Gasteiger partial charge in [-0.3, -0.25) is 0 Å². The zero-order valence-corrected chi connectivity index (χ0v) is 13.1. The topological polar surface area (TPSA) is 0 Å². The van der Waals surface area contributed by atoms with E-state index in [9.17, 15) is 0 Å². The lowest BCUT2D eigenvalue weighted by Crippen LogP contribution is -2.31. The summed E-state index contributed by atoms with van der Waals surface area (Å²) in [6.45, 7) is 9.60. The molecule has 0 spiro atoms. The molecule has 0 aromatic heterocycles. The number of hydrogen-bond acceptors (Lipinski definition) is 0. The van der Waals surface area contributed by atoms with Gasteiger partial charge in [-0.05, 0) is 40.9 Å². The zero-order valence-electron chi connectivity index (χ0n) is 12.3. The highest BCUT2D eigenvalue weighted by Crippen LogP contribution is 2.57. The van der Waals surface area contributed by atoms with Crippen molar-refractivity contribution in [3.63, 3.8) is 0 Å². The quantitative estimate of drug-likeness (QED) is 0.717. The highest BCUT2D eigenvalue weighted by Gasteiger charge is 2.32. The van der Waals surface area contributed by atoms with E-state index in [4.69, 9.17) is 0 Å². The summed E-state index contributed by atoms with van der Waals surface area (Å²) in [4.78, 5) is 0. The molecule has 0 aliphatic heterocycles. The van der Waals surface area contributed by atoms with Crippen LogP contribution in [0.2, 0.25) is 0 Å². The van der Waals surface area contributed by atoms with Crippen molar-refractivity contribution < 1.29 is 0 Å². The minimum Gasteiger partial charge on any atom is -0.239 e. The monoisotopic (exact) mass is 252 g/mol. The van der Waals surface area contributed by atoms with Gasteiger partial charge in [0.1, 0.15) is 0 Å². The summed E-state index contributed by atoms with van der Waals surface area (Å²) in [6, 6.07) is 10.9. The Balaban J connectivity index is 2.59. The van der Waals surface area contributed by atoms with E-state index in [1.165, 1.54) is 18.4 Å². The van der Waals surface area contributed by atoms with Gasteiger partial charge in [-0.15, -0.1) is 0 Å². The van der Waals surface area contributed by atoms with Crippen LogP contribution in [0.15, 0.2) is 30.3 Å². The van der Waals surface area contributed by atoms with Crippen LogP contribution in [0.5, 0.6) is 0 Å². The van der Waals surface area contributed by atoms with Crippen molar-refractivity contribution in [3.05, 3.63) is 35.9 Å². The molecule has 0 nitrogen and oxygen atoms in total. The zero-order chi connectivity index (χ0) is 13.1. The normalized spacial score (nSPS) is 15.6. The molecule has 0 saturated carbocycles. The molecule has 0 saturated heterocycles. The molecule has 98 valence electrons. The van der Waals surface area contributed by atoms with Gasteiger partial charge in [-0.1, -0.05) is 58.0 Å². The Morgan fingerprint density at radius 3 is 2.06 bits per heavy atom. The summed E-state index contributed by atoms with van der Waals surface area (Å²) in [7, 11) is -0.547. The molecule has 1 atom stereocenters. The van der Waals surface area contributed by atoms with Crippen molar-refractivity contribution in [3.8, 4) is 0 Å². The molecular weight excluding hydrogens is 224 g/mol. The van der Waals surface area contributed by atoms with Gasteiger partial charge in [0.2, 0.25) is 0 Å². The number of benzene rings is 1. The standard InChI is InChI=1S/C16H28S/c1-14(17(5,6)16(2,3)4)12-13-15-10-8-7-9-11-15/h7-11,14H,12-13H2,1-6H3. The van der Waals surface area contributed by atoms with Crippen molar-refractivity contribution in [2.45, 2.75) is 50.5 Å². The molecule has 1 unspecified atom stereocenters. The van der Waals surface area contributed by atoms with E-state index < -0.39 is 10.0 Å². The summed E-state index contributed by atoms with van der Waals surface area (Å²) >= 11 is 0. The Hall–Kier alpha value is -0.430. The molecule has 0 aliphatic rings. The maximum absolute atomic E-state index is 2.49. The van der Waals surface area contributed by atoms with Crippen molar-refractivity contribution in [1.82, 2.24) is 0 Å². The average Bonchev–Trinajstić information content (AvgIpc) is 2.25. The Kier molecular flexibility index (Phi) is 4.71. The van der Waals surface area contributed by atoms with Crippen LogP contribution >= 0.6 is 10.0 Å². The second kappa shape index (κ2) is 5.48. The van der Waals surface area contributed by atoms with Crippen LogP contribution in [-0.4, -0.2) is 22.5 Å². The van der Waals surface area contributed by atoms with Crippen molar-refractivity contribution in [2.24, 2.45) is 0 Å². The lowest BCUT2D eigenvalue weighted by Gasteiger charge is -2.49. The second-order valence-electron chi connectivity index (χ2n) is 6.35. The van der Waals surface area contributed by atoms with Crippen LogP contribution in [0.4, 0.5) is 0 Å². The first-order valence-corrected chi connectivity index (χ1v) is 9.02. The molecule has 0 bridgehead atoms. The molecule has 1 heteroatoms. The molecule has 0 aliphatic carbocycles. The van der Waals surface area contributed by atoms with Crippen LogP contribution in [0.1, 0.15) is 39.7 Å². The van der Waals surface area contributed by atoms with E-state index in [2.05, 4.69) is 70.5 Å². The minimum absolute atomic E-state index is 0.448. The van der Waals surface area contributed by atoms with Gasteiger partial charge in [0.25, 0.3) is 0 Å². The van der Waals surface area contributed by atoms with Crippen LogP contribution in [0, 0.1) is 0 Å². The van der Waals surface area contributed by atoms with Crippen molar-refractivity contribution in [1.29, 1.82) is 0 Å². The first kappa shape index (κ1) is 14.6. The lowest BCUT2D eigenvalue weighted by atomic mass is 10.1. The molecule has 0 radical (unpaired) electrons. The van der Waals surface area contributed by atoms with E-state index >= 15 is 0 Å². The van der Waals surface area contributed by atoms with Gasteiger partial charge in [0.05, 0.1) is 0 Å². The second-order valence-corrected chi connectivity index (χ2v) is 11.2. The van der Waals surface area contributed by atoms with Gasteiger partial charge < -0.3 is 0 Å².